The molecular formula is C20H24N3O3S+. The molecule has 2 N–H and O–H groups in total. The molecule has 0 saturated carbocycles. The van der Waals surface area contributed by atoms with Gasteiger partial charge in [0.05, 0.1) is 32.2 Å². The number of hydrogen-bond donors (Lipinski definition) is 2. The van der Waals surface area contributed by atoms with E-state index in [0.29, 0.717) is 34.8 Å². The summed E-state index contributed by atoms with van der Waals surface area (Å²) in [5, 5.41) is 0.488. The number of nitrogens with one attached hydrogen (secondary N) is 2. The van der Waals surface area contributed by atoms with Gasteiger partial charge in [0.2, 0.25) is 0 Å². The first kappa shape index (κ1) is 19.3. The van der Waals surface area contributed by atoms with E-state index in [4.69, 9.17) is 9.47 Å². The van der Waals surface area contributed by atoms with E-state index in [2.05, 4.69) is 47.5 Å². The first-order valence-electron chi connectivity index (χ1n) is 8.63. The molecule has 1 aromatic heterocycles. The van der Waals surface area contributed by atoms with Crippen LogP contribution in [0.4, 0.5) is 0 Å². The number of ether oxygens (including phenoxy) is 2. The molecule has 0 spiro atoms. The van der Waals surface area contributed by atoms with E-state index >= 15 is 0 Å². The third kappa shape index (κ3) is 4.43. The Hall–Kier alpha value is -2.51. The van der Waals surface area contributed by atoms with Gasteiger partial charge in [-0.05, 0) is 24.5 Å². The third-order valence-corrected chi connectivity index (χ3v) is 5.14. The van der Waals surface area contributed by atoms with Crippen molar-refractivity contribution in [3.8, 4) is 11.5 Å². The Morgan fingerprint density at radius 2 is 1.74 bits per heavy atom. The molecule has 1 atom stereocenters. The standard InChI is InChI=1S/C20H23N3O3S/c1-23(11-13-5-7-14(27-4)8-6-13)12-19-21-16-10-18(26-3)17(25-2)9-15(16)20(24)22-19/h5-10H,11-12H2,1-4H3,(H,21,22,24)/p+1. The molecule has 3 aromatic rings. The van der Waals surface area contributed by atoms with Crippen LogP contribution in [-0.4, -0.2) is 37.5 Å². The van der Waals surface area contributed by atoms with Crippen LogP contribution in [-0.2, 0) is 13.1 Å². The molecule has 1 unspecified atom stereocenters. The fourth-order valence-corrected chi connectivity index (χ4v) is 3.45. The Labute approximate surface area is 162 Å². The second-order valence-corrected chi connectivity index (χ2v) is 7.28. The number of quaternary nitrogens is 1. The molecule has 7 heteroatoms. The lowest BCUT2D eigenvalue weighted by molar-refractivity contribution is -0.908. The first-order valence-corrected chi connectivity index (χ1v) is 9.85. The summed E-state index contributed by atoms with van der Waals surface area (Å²) in [6.07, 6.45) is 2.07. The van der Waals surface area contributed by atoms with Crippen molar-refractivity contribution in [1.82, 2.24) is 9.97 Å². The number of fused-ring (bicyclic) bond motifs is 1. The number of H-pyrrole nitrogens is 1. The van der Waals surface area contributed by atoms with Crippen LogP contribution in [0.15, 0.2) is 46.1 Å². The molecule has 1 heterocycles. The quantitative estimate of drug-likeness (QED) is 0.607. The highest BCUT2D eigenvalue weighted by atomic mass is 32.2. The summed E-state index contributed by atoms with van der Waals surface area (Å²) in [6, 6.07) is 11.9. The number of nitrogens with zero attached hydrogens (tertiary/aromatic N) is 1. The van der Waals surface area contributed by atoms with Gasteiger partial charge in [-0.3, -0.25) is 4.79 Å². The summed E-state index contributed by atoms with van der Waals surface area (Å²) in [5.74, 6) is 1.73. The van der Waals surface area contributed by atoms with Crippen molar-refractivity contribution in [3.05, 3.63) is 58.1 Å². The minimum absolute atomic E-state index is 0.173. The molecule has 6 nitrogen and oxygen atoms in total. The Bertz CT molecular complexity index is 986. The van der Waals surface area contributed by atoms with Gasteiger partial charge >= 0.3 is 0 Å². The van der Waals surface area contributed by atoms with Gasteiger partial charge in [-0.25, -0.2) is 4.98 Å². The van der Waals surface area contributed by atoms with Gasteiger partial charge in [-0.15, -0.1) is 11.8 Å². The van der Waals surface area contributed by atoms with Crippen LogP contribution in [0.3, 0.4) is 0 Å². The molecule has 142 valence electrons. The normalized spacial score (nSPS) is 12.1. The zero-order valence-electron chi connectivity index (χ0n) is 16.0. The Kier molecular flexibility index (Phi) is 6.03. The Balaban J connectivity index is 1.82. The van der Waals surface area contributed by atoms with Crippen LogP contribution in [0, 0.1) is 0 Å². The fraction of sp³-hybridized carbons (Fsp3) is 0.300. The van der Waals surface area contributed by atoms with Gasteiger partial charge in [0.15, 0.2) is 17.3 Å². The maximum absolute atomic E-state index is 12.5. The summed E-state index contributed by atoms with van der Waals surface area (Å²) in [6.45, 7) is 1.46. The van der Waals surface area contributed by atoms with Crippen molar-refractivity contribution in [1.29, 1.82) is 0 Å². The highest BCUT2D eigenvalue weighted by Crippen LogP contribution is 2.29. The van der Waals surface area contributed by atoms with Gasteiger partial charge < -0.3 is 19.4 Å². The van der Waals surface area contributed by atoms with Crippen LogP contribution >= 0.6 is 11.8 Å². The molecule has 0 saturated heterocycles. The van der Waals surface area contributed by atoms with E-state index in [-0.39, 0.29) is 5.56 Å². The largest absolute Gasteiger partial charge is 0.493 e. The predicted octanol–water partition coefficient (Wildman–Crippen LogP) is 1.88. The van der Waals surface area contributed by atoms with E-state index in [0.717, 1.165) is 6.54 Å². The van der Waals surface area contributed by atoms with Gasteiger partial charge in [0.25, 0.3) is 5.56 Å². The monoisotopic (exact) mass is 386 g/mol. The van der Waals surface area contributed by atoms with Gasteiger partial charge in [-0.1, -0.05) is 12.1 Å². The van der Waals surface area contributed by atoms with Crippen LogP contribution in [0.5, 0.6) is 11.5 Å². The molecular weight excluding hydrogens is 362 g/mol. The highest BCUT2D eigenvalue weighted by Gasteiger charge is 2.13. The minimum atomic E-state index is -0.173. The topological polar surface area (TPSA) is 68.7 Å². The van der Waals surface area contributed by atoms with Gasteiger partial charge in [0, 0.05) is 16.5 Å². The maximum Gasteiger partial charge on any atom is 0.259 e. The van der Waals surface area contributed by atoms with Gasteiger partial charge in [0.1, 0.15) is 13.1 Å². The number of thioether (sulfide) groups is 1. The van der Waals surface area contributed by atoms with Crippen molar-refractivity contribution < 1.29 is 14.4 Å². The molecule has 2 aromatic carbocycles. The molecule has 0 aliphatic rings. The lowest BCUT2D eigenvalue weighted by Gasteiger charge is -2.14. The lowest BCUT2D eigenvalue weighted by atomic mass is 10.2. The zero-order valence-corrected chi connectivity index (χ0v) is 16.8. The zero-order chi connectivity index (χ0) is 19.4. The van der Waals surface area contributed by atoms with E-state index in [1.54, 1.807) is 38.1 Å². The first-order chi connectivity index (χ1) is 13.0. The average molecular weight is 386 g/mol. The number of aromatic amines is 1. The number of methoxy groups -OCH3 is 2. The third-order valence-electron chi connectivity index (χ3n) is 4.39. The van der Waals surface area contributed by atoms with Crippen molar-refractivity contribution in [2.24, 2.45) is 0 Å². The van der Waals surface area contributed by atoms with Gasteiger partial charge in [-0.2, -0.15) is 0 Å². The number of benzene rings is 2. The molecule has 3 rings (SSSR count). The van der Waals surface area contributed by atoms with E-state index in [1.807, 2.05) is 0 Å². The van der Waals surface area contributed by atoms with Crippen molar-refractivity contribution in [2.45, 2.75) is 18.0 Å². The smallest absolute Gasteiger partial charge is 0.259 e. The van der Waals surface area contributed by atoms with E-state index in [1.165, 1.54) is 15.4 Å². The number of aromatic nitrogens is 2. The maximum atomic E-state index is 12.5. The molecule has 0 aliphatic heterocycles. The Morgan fingerprint density at radius 3 is 2.37 bits per heavy atom. The second kappa shape index (κ2) is 8.45. The molecule has 0 amide bonds. The van der Waals surface area contributed by atoms with E-state index in [9.17, 15) is 4.79 Å². The second-order valence-electron chi connectivity index (χ2n) is 6.40. The fourth-order valence-electron chi connectivity index (χ4n) is 3.04. The molecule has 0 aliphatic carbocycles. The summed E-state index contributed by atoms with van der Waals surface area (Å²) in [4.78, 5) is 22.5. The Morgan fingerprint density at radius 1 is 1.07 bits per heavy atom. The minimum Gasteiger partial charge on any atom is -0.493 e. The molecule has 0 radical (unpaired) electrons. The SMILES string of the molecule is COc1cc2nc(C[NH+](C)Cc3ccc(SC)cc3)[nH]c(=O)c2cc1OC. The van der Waals surface area contributed by atoms with Crippen molar-refractivity contribution in [2.75, 3.05) is 27.5 Å². The van der Waals surface area contributed by atoms with Crippen LogP contribution < -0.4 is 19.9 Å². The summed E-state index contributed by atoms with van der Waals surface area (Å²) >= 11 is 1.73. The number of rotatable bonds is 7. The van der Waals surface area contributed by atoms with Crippen molar-refractivity contribution >= 4 is 22.7 Å². The predicted molar refractivity (Wildman–Crippen MR) is 108 cm³/mol. The lowest BCUT2D eigenvalue weighted by Crippen LogP contribution is -3.06. The molecule has 0 fully saturated rings. The van der Waals surface area contributed by atoms with Crippen molar-refractivity contribution in [3.63, 3.8) is 0 Å². The average Bonchev–Trinajstić information content (AvgIpc) is 2.67. The summed E-state index contributed by atoms with van der Waals surface area (Å²) in [5.41, 5.74) is 1.68. The highest BCUT2D eigenvalue weighted by molar-refractivity contribution is 7.98. The molecule has 0 bridgehead atoms. The van der Waals surface area contributed by atoms with Crippen LogP contribution in [0.1, 0.15) is 11.4 Å². The van der Waals surface area contributed by atoms with Crippen LogP contribution in [0.2, 0.25) is 0 Å². The molecule has 27 heavy (non-hydrogen) atoms. The summed E-state index contributed by atoms with van der Waals surface area (Å²) < 4.78 is 10.6. The van der Waals surface area contributed by atoms with Crippen LogP contribution in [0.25, 0.3) is 10.9 Å². The summed E-state index contributed by atoms with van der Waals surface area (Å²) in [7, 11) is 5.20. The van der Waals surface area contributed by atoms with E-state index < -0.39 is 0 Å². The number of hydrogen-bond acceptors (Lipinski definition) is 5.